The van der Waals surface area contributed by atoms with Gasteiger partial charge in [0.05, 0.1) is 40.9 Å². The average Bonchev–Trinajstić information content (AvgIpc) is 3.00. The van der Waals surface area contributed by atoms with Gasteiger partial charge in [-0.2, -0.15) is 19.3 Å². The van der Waals surface area contributed by atoms with Gasteiger partial charge in [-0.1, -0.05) is 0 Å². The molecule has 0 aliphatic carbocycles. The second kappa shape index (κ2) is 6.98. The average molecular weight is 337 g/mol. The highest BCUT2D eigenvalue weighted by Gasteiger charge is 2.16. The van der Waals surface area contributed by atoms with Gasteiger partial charge in [-0.25, -0.2) is 10.1 Å². The number of amides is 1. The molecule has 2 aromatic heterocycles. The maximum Gasteiger partial charge on any atom is 0.390 e. The molecule has 2 heterocycles. The monoisotopic (exact) mass is 337 g/mol. The predicted octanol–water partition coefficient (Wildman–Crippen LogP) is 0.821. The SMILES string of the molecule is Cc1nn(C)c(F)c1/C=N\NC(=O)CCn1nc([N+](=O)[O-])cc1C. The van der Waals surface area contributed by atoms with E-state index in [1.54, 1.807) is 13.8 Å². The molecule has 10 nitrogen and oxygen atoms in total. The van der Waals surface area contributed by atoms with E-state index in [2.05, 4.69) is 20.7 Å². The van der Waals surface area contributed by atoms with Gasteiger partial charge in [-0.05, 0) is 18.8 Å². The molecule has 128 valence electrons. The van der Waals surface area contributed by atoms with E-state index < -0.39 is 16.8 Å². The van der Waals surface area contributed by atoms with Gasteiger partial charge in [-0.15, -0.1) is 0 Å². The van der Waals surface area contributed by atoms with Gasteiger partial charge in [0.15, 0.2) is 0 Å². The lowest BCUT2D eigenvalue weighted by Gasteiger charge is -1.99. The lowest BCUT2D eigenvalue weighted by atomic mass is 10.3. The zero-order chi connectivity index (χ0) is 17.9. The zero-order valence-electron chi connectivity index (χ0n) is 13.4. The molecule has 0 radical (unpaired) electrons. The molecule has 0 atom stereocenters. The second-order valence-electron chi connectivity index (χ2n) is 5.08. The lowest BCUT2D eigenvalue weighted by molar-refractivity contribution is -0.389. The van der Waals surface area contributed by atoms with Gasteiger partial charge >= 0.3 is 5.82 Å². The summed E-state index contributed by atoms with van der Waals surface area (Å²) in [7, 11) is 1.46. The van der Waals surface area contributed by atoms with Crippen LogP contribution in [0.25, 0.3) is 0 Å². The van der Waals surface area contributed by atoms with E-state index in [4.69, 9.17) is 0 Å². The van der Waals surface area contributed by atoms with Crippen molar-refractivity contribution < 1.29 is 14.1 Å². The number of aryl methyl sites for hydroxylation is 4. The van der Waals surface area contributed by atoms with Crippen LogP contribution in [-0.2, 0) is 18.4 Å². The van der Waals surface area contributed by atoms with Crippen molar-refractivity contribution >= 4 is 17.9 Å². The first-order valence-electron chi connectivity index (χ1n) is 6.99. The number of nitro groups is 1. The number of aromatic nitrogens is 4. The van der Waals surface area contributed by atoms with E-state index in [0.29, 0.717) is 11.4 Å². The third-order valence-electron chi connectivity index (χ3n) is 3.29. The summed E-state index contributed by atoms with van der Waals surface area (Å²) >= 11 is 0. The van der Waals surface area contributed by atoms with Gasteiger partial charge in [0.1, 0.15) is 0 Å². The Labute approximate surface area is 136 Å². The summed E-state index contributed by atoms with van der Waals surface area (Å²) in [6, 6.07) is 1.32. The van der Waals surface area contributed by atoms with Crippen LogP contribution in [0.3, 0.4) is 0 Å². The standard InChI is InChI=1S/C13H16FN7O3/c1-8-6-11(21(23)24)18-20(8)5-4-12(22)16-15-7-10-9(2)17-19(3)13(10)14/h6-7H,4-5H2,1-3H3,(H,16,22)/b15-7-. The van der Waals surface area contributed by atoms with Crippen molar-refractivity contribution in [1.29, 1.82) is 0 Å². The van der Waals surface area contributed by atoms with Crippen LogP contribution in [0.15, 0.2) is 11.2 Å². The Hall–Kier alpha value is -3.11. The predicted molar refractivity (Wildman–Crippen MR) is 81.9 cm³/mol. The topological polar surface area (TPSA) is 120 Å². The minimum Gasteiger partial charge on any atom is -0.358 e. The smallest absolute Gasteiger partial charge is 0.358 e. The molecule has 24 heavy (non-hydrogen) atoms. The molecule has 0 aromatic carbocycles. The van der Waals surface area contributed by atoms with Crippen molar-refractivity contribution in [3.63, 3.8) is 0 Å². The molecule has 0 unspecified atom stereocenters. The summed E-state index contributed by atoms with van der Waals surface area (Å²) in [5.74, 6) is -1.25. The number of hydrogen-bond acceptors (Lipinski definition) is 6. The Kier molecular flexibility index (Phi) is 5.02. The van der Waals surface area contributed by atoms with Crippen LogP contribution < -0.4 is 5.43 Å². The highest BCUT2D eigenvalue weighted by molar-refractivity contribution is 5.83. The molecule has 0 saturated carbocycles. The van der Waals surface area contributed by atoms with Crippen LogP contribution in [0, 0.1) is 29.9 Å². The highest BCUT2D eigenvalue weighted by atomic mass is 19.1. The van der Waals surface area contributed by atoms with Crippen LogP contribution in [0.4, 0.5) is 10.2 Å². The minimum atomic E-state index is -0.599. The number of nitrogens with zero attached hydrogens (tertiary/aromatic N) is 6. The van der Waals surface area contributed by atoms with Gasteiger partial charge in [0, 0.05) is 13.5 Å². The Bertz CT molecular complexity index is 809. The first kappa shape index (κ1) is 17.2. The zero-order valence-corrected chi connectivity index (χ0v) is 13.4. The molecule has 2 rings (SSSR count). The van der Waals surface area contributed by atoms with Crippen LogP contribution >= 0.6 is 0 Å². The molecule has 0 saturated heterocycles. The third-order valence-corrected chi connectivity index (χ3v) is 3.29. The molecule has 0 spiro atoms. The molecule has 0 bridgehead atoms. The molecule has 0 aliphatic heterocycles. The molecule has 11 heteroatoms. The van der Waals surface area contributed by atoms with Crippen LogP contribution in [0.1, 0.15) is 23.4 Å². The fourth-order valence-corrected chi connectivity index (χ4v) is 2.03. The summed E-state index contributed by atoms with van der Waals surface area (Å²) in [6.45, 7) is 3.45. The van der Waals surface area contributed by atoms with E-state index in [9.17, 15) is 19.3 Å². The molecular weight excluding hydrogens is 321 g/mol. The van der Waals surface area contributed by atoms with Crippen molar-refractivity contribution in [2.24, 2.45) is 12.1 Å². The summed E-state index contributed by atoms with van der Waals surface area (Å²) in [6.07, 6.45) is 1.20. The van der Waals surface area contributed by atoms with Crippen LogP contribution in [-0.4, -0.2) is 36.6 Å². The number of hydrogen-bond donors (Lipinski definition) is 1. The van der Waals surface area contributed by atoms with Gasteiger partial charge < -0.3 is 10.1 Å². The quantitative estimate of drug-likeness (QED) is 0.475. The fraction of sp³-hybridized carbons (Fsp3) is 0.385. The number of rotatable bonds is 6. The molecule has 0 fully saturated rings. The molecule has 1 N–H and O–H groups in total. The van der Waals surface area contributed by atoms with Crippen molar-refractivity contribution in [3.05, 3.63) is 39.1 Å². The Morgan fingerprint density at radius 1 is 1.50 bits per heavy atom. The number of carbonyl (C=O) groups excluding carboxylic acids is 1. The number of carbonyl (C=O) groups is 1. The van der Waals surface area contributed by atoms with E-state index in [1.165, 1.54) is 24.0 Å². The number of nitrogens with one attached hydrogen (secondary N) is 1. The number of hydrazone groups is 1. The van der Waals surface area contributed by atoms with Crippen molar-refractivity contribution in [2.45, 2.75) is 26.8 Å². The van der Waals surface area contributed by atoms with Gasteiger partial charge in [0.25, 0.3) is 0 Å². The lowest BCUT2D eigenvalue weighted by Crippen LogP contribution is -2.20. The summed E-state index contributed by atoms with van der Waals surface area (Å²) in [4.78, 5) is 21.8. The Morgan fingerprint density at radius 3 is 2.75 bits per heavy atom. The van der Waals surface area contributed by atoms with Gasteiger partial charge in [0.2, 0.25) is 11.9 Å². The molecule has 0 aliphatic rings. The number of halogens is 1. The van der Waals surface area contributed by atoms with Crippen molar-refractivity contribution in [3.8, 4) is 0 Å². The summed E-state index contributed by atoms with van der Waals surface area (Å²) < 4.78 is 16.1. The van der Waals surface area contributed by atoms with Crippen LogP contribution in [0.2, 0.25) is 0 Å². The molecule has 2 aromatic rings. The van der Waals surface area contributed by atoms with Crippen LogP contribution in [0.5, 0.6) is 0 Å². The third kappa shape index (κ3) is 3.80. The first-order valence-corrected chi connectivity index (χ1v) is 6.99. The molecular formula is C13H16FN7O3. The first-order chi connectivity index (χ1) is 11.3. The maximum atomic E-state index is 13.7. The Balaban J connectivity index is 1.90. The van der Waals surface area contributed by atoms with E-state index in [-0.39, 0.29) is 24.3 Å². The fourth-order valence-electron chi connectivity index (χ4n) is 2.03. The van der Waals surface area contributed by atoms with E-state index in [0.717, 1.165) is 4.68 Å². The second-order valence-corrected chi connectivity index (χ2v) is 5.08. The largest absolute Gasteiger partial charge is 0.390 e. The van der Waals surface area contributed by atoms with E-state index >= 15 is 0 Å². The van der Waals surface area contributed by atoms with Crippen molar-refractivity contribution in [1.82, 2.24) is 25.0 Å². The molecule has 1 amide bonds. The van der Waals surface area contributed by atoms with Gasteiger partial charge in [-0.3, -0.25) is 4.79 Å². The van der Waals surface area contributed by atoms with Crippen molar-refractivity contribution in [2.75, 3.05) is 0 Å². The summed E-state index contributed by atoms with van der Waals surface area (Å²) in [5.41, 5.74) is 3.48. The Morgan fingerprint density at radius 2 is 2.21 bits per heavy atom. The minimum absolute atomic E-state index is 0.0194. The van der Waals surface area contributed by atoms with E-state index in [1.807, 2.05) is 0 Å². The summed E-state index contributed by atoms with van der Waals surface area (Å²) in [5, 5.41) is 22.0. The maximum absolute atomic E-state index is 13.7. The normalized spacial score (nSPS) is 11.2. The highest BCUT2D eigenvalue weighted by Crippen LogP contribution is 2.11.